The maximum absolute atomic E-state index is 12.2. The van der Waals surface area contributed by atoms with Crippen molar-refractivity contribution in [3.8, 4) is 0 Å². The monoisotopic (exact) mass is 341 g/mol. The molecule has 5 rings (SSSR count). The highest BCUT2D eigenvalue weighted by Gasteiger charge is 2.53. The molecule has 4 aliphatic heterocycles. The van der Waals surface area contributed by atoms with Gasteiger partial charge in [-0.3, -0.25) is 0 Å². The first-order chi connectivity index (χ1) is 12.1. The summed E-state index contributed by atoms with van der Waals surface area (Å²) >= 11 is 0. The second-order valence-corrected chi connectivity index (χ2v) is 7.91. The Morgan fingerprint density at radius 1 is 1.16 bits per heavy atom. The Labute approximate surface area is 149 Å². The fraction of sp³-hybridized carbons (Fsp3) is 0.579. The molecule has 4 bridgehead atoms. The van der Waals surface area contributed by atoms with Gasteiger partial charge in [-0.05, 0) is 18.1 Å². The molecule has 2 N–H and O–H groups in total. The second-order valence-electron chi connectivity index (χ2n) is 7.91. The summed E-state index contributed by atoms with van der Waals surface area (Å²) in [5.74, 6) is 0.917. The molecule has 4 heterocycles. The minimum absolute atomic E-state index is 0.0533. The van der Waals surface area contributed by atoms with Crippen LogP contribution in [-0.4, -0.2) is 60.8 Å². The highest BCUT2D eigenvalue weighted by Crippen LogP contribution is 2.43. The first-order valence-electron chi connectivity index (χ1n) is 9.22. The second kappa shape index (κ2) is 6.42. The quantitative estimate of drug-likeness (QED) is 0.828. The lowest BCUT2D eigenvalue weighted by molar-refractivity contribution is 0.0827. The van der Waals surface area contributed by atoms with Crippen LogP contribution in [-0.2, 0) is 0 Å². The van der Waals surface area contributed by atoms with Crippen molar-refractivity contribution in [2.24, 2.45) is 22.4 Å². The van der Waals surface area contributed by atoms with Gasteiger partial charge in [0.15, 0.2) is 0 Å². The number of carbonyl (C=O) groups is 1. The van der Waals surface area contributed by atoms with E-state index in [1.54, 1.807) is 0 Å². The number of nitrogens with zero attached hydrogens (tertiary/aromatic N) is 3. The van der Waals surface area contributed by atoms with Crippen molar-refractivity contribution in [3.05, 3.63) is 30.3 Å². The summed E-state index contributed by atoms with van der Waals surface area (Å²) < 4.78 is 0. The van der Waals surface area contributed by atoms with Crippen LogP contribution < -0.4 is 10.7 Å². The number of nitrogens with one attached hydrogen (secondary N) is 2. The van der Waals surface area contributed by atoms with Crippen molar-refractivity contribution < 1.29 is 4.79 Å². The van der Waals surface area contributed by atoms with E-state index in [1.165, 1.54) is 5.71 Å². The van der Waals surface area contributed by atoms with Gasteiger partial charge in [0.2, 0.25) is 0 Å². The zero-order valence-corrected chi connectivity index (χ0v) is 15.0. The normalized spacial score (nSPS) is 35.0. The zero-order chi connectivity index (χ0) is 17.4. The highest BCUT2D eigenvalue weighted by atomic mass is 16.2. The third-order valence-corrected chi connectivity index (χ3v) is 6.01. The molecule has 0 aliphatic carbocycles. The summed E-state index contributed by atoms with van der Waals surface area (Å²) in [6, 6.07) is 9.20. The number of hydrazone groups is 1. The Hall–Kier alpha value is -1.92. The van der Waals surface area contributed by atoms with E-state index >= 15 is 0 Å². The number of para-hydroxylation sites is 1. The molecular weight excluding hydrogens is 314 g/mol. The zero-order valence-electron chi connectivity index (χ0n) is 15.0. The summed E-state index contributed by atoms with van der Waals surface area (Å²) in [6.07, 6.45) is 0. The molecule has 1 aromatic rings. The molecule has 2 unspecified atom stereocenters. The van der Waals surface area contributed by atoms with Crippen LogP contribution in [0.3, 0.4) is 0 Å². The number of rotatable bonds is 3. The molecular formula is C19H27N5O. The third-order valence-electron chi connectivity index (χ3n) is 6.01. The van der Waals surface area contributed by atoms with Gasteiger partial charge in [0.1, 0.15) is 0 Å². The molecule has 2 amide bonds. The van der Waals surface area contributed by atoms with Crippen LogP contribution in [0.5, 0.6) is 0 Å². The fourth-order valence-corrected chi connectivity index (χ4v) is 4.68. The average Bonchev–Trinajstić information content (AvgIpc) is 2.83. The van der Waals surface area contributed by atoms with Crippen molar-refractivity contribution >= 4 is 17.4 Å². The van der Waals surface area contributed by atoms with Crippen molar-refractivity contribution in [1.29, 1.82) is 0 Å². The van der Waals surface area contributed by atoms with Gasteiger partial charge in [0.05, 0.1) is 5.71 Å². The molecule has 1 aromatic carbocycles. The van der Waals surface area contributed by atoms with Crippen molar-refractivity contribution in [2.75, 3.05) is 44.6 Å². The Morgan fingerprint density at radius 2 is 1.80 bits per heavy atom. The van der Waals surface area contributed by atoms with Crippen LogP contribution in [0.4, 0.5) is 10.5 Å². The van der Waals surface area contributed by atoms with Gasteiger partial charge in [-0.2, -0.15) is 5.10 Å². The molecule has 134 valence electrons. The molecule has 0 radical (unpaired) electrons. The number of fused-ring (bicyclic) bond motifs is 1. The average molecular weight is 341 g/mol. The number of urea groups is 1. The summed E-state index contributed by atoms with van der Waals surface area (Å²) in [5.41, 5.74) is 4.78. The molecule has 0 spiro atoms. The van der Waals surface area contributed by atoms with Crippen LogP contribution >= 0.6 is 0 Å². The number of hydrogen-bond acceptors (Lipinski definition) is 4. The molecule has 4 saturated heterocycles. The molecule has 4 aliphatic rings. The maximum Gasteiger partial charge on any atom is 0.339 e. The predicted molar refractivity (Wildman–Crippen MR) is 99.7 cm³/mol. The topological polar surface area (TPSA) is 60.0 Å². The fourth-order valence-electron chi connectivity index (χ4n) is 4.68. The molecule has 25 heavy (non-hydrogen) atoms. The van der Waals surface area contributed by atoms with Gasteiger partial charge in [0, 0.05) is 56.3 Å². The third kappa shape index (κ3) is 3.04. The van der Waals surface area contributed by atoms with E-state index in [2.05, 4.69) is 39.5 Å². The van der Waals surface area contributed by atoms with Crippen molar-refractivity contribution in [1.82, 2.24) is 15.2 Å². The highest BCUT2D eigenvalue weighted by molar-refractivity contribution is 5.97. The van der Waals surface area contributed by atoms with Crippen LogP contribution in [0, 0.1) is 17.3 Å². The molecule has 4 fully saturated rings. The molecule has 0 aromatic heterocycles. The number of piperidine rings is 2. The standard InChI is InChI=1S/C19H27N5O/c1-14(2)19-12-23-8-9-24(13-19)11-15(10-23)17(19)21-22-18(25)20-16-6-4-3-5-7-16/h3-7,14-15H,8-13H2,1-2H3,(H2,20,22,25)/b21-17+. The first-order valence-corrected chi connectivity index (χ1v) is 9.22. The minimum atomic E-state index is -0.273. The summed E-state index contributed by atoms with van der Waals surface area (Å²) in [7, 11) is 0. The minimum Gasteiger partial charge on any atom is -0.307 e. The largest absolute Gasteiger partial charge is 0.339 e. The van der Waals surface area contributed by atoms with Crippen molar-refractivity contribution in [3.63, 3.8) is 0 Å². The number of amides is 2. The number of benzene rings is 1. The summed E-state index contributed by atoms with van der Waals surface area (Å²) in [4.78, 5) is 17.4. The Kier molecular flexibility index (Phi) is 4.25. The molecule has 2 atom stereocenters. The number of hydrogen-bond donors (Lipinski definition) is 2. The van der Waals surface area contributed by atoms with Gasteiger partial charge in [-0.1, -0.05) is 32.0 Å². The van der Waals surface area contributed by atoms with E-state index in [0.717, 1.165) is 45.0 Å². The smallest absolute Gasteiger partial charge is 0.307 e. The van der Waals surface area contributed by atoms with E-state index < -0.39 is 0 Å². The van der Waals surface area contributed by atoms with Gasteiger partial charge >= 0.3 is 6.03 Å². The SMILES string of the molecule is CC(C)C12CN3CCN(CC(C3)/C1=N\NC(=O)Nc1ccccc1)C2. The van der Waals surface area contributed by atoms with Crippen LogP contribution in [0.1, 0.15) is 13.8 Å². The van der Waals surface area contributed by atoms with Crippen LogP contribution in [0.15, 0.2) is 35.4 Å². The number of carbonyl (C=O) groups excluding carboxylic acids is 1. The lowest BCUT2D eigenvalue weighted by Gasteiger charge is -2.52. The predicted octanol–water partition coefficient (Wildman–Crippen LogP) is 2.07. The van der Waals surface area contributed by atoms with Gasteiger partial charge in [-0.15, -0.1) is 0 Å². The summed E-state index contributed by atoms with van der Waals surface area (Å²) in [6.45, 7) is 11.1. The Balaban J connectivity index is 1.54. The molecule has 6 heteroatoms. The Bertz CT molecular complexity index is 656. The number of anilines is 1. The van der Waals surface area contributed by atoms with Crippen molar-refractivity contribution in [2.45, 2.75) is 13.8 Å². The lowest BCUT2D eigenvalue weighted by atomic mass is 9.64. The molecule has 6 nitrogen and oxygen atoms in total. The van der Waals surface area contributed by atoms with Crippen LogP contribution in [0.2, 0.25) is 0 Å². The lowest BCUT2D eigenvalue weighted by Crippen LogP contribution is -2.63. The first kappa shape index (κ1) is 16.5. The van der Waals surface area contributed by atoms with Gasteiger partial charge < -0.3 is 15.1 Å². The van der Waals surface area contributed by atoms with Crippen LogP contribution in [0.25, 0.3) is 0 Å². The summed E-state index contributed by atoms with van der Waals surface area (Å²) in [5, 5.41) is 7.50. The van der Waals surface area contributed by atoms with E-state index in [0.29, 0.717) is 11.8 Å². The Morgan fingerprint density at radius 3 is 2.40 bits per heavy atom. The van der Waals surface area contributed by atoms with Gasteiger partial charge in [0.25, 0.3) is 0 Å². The van der Waals surface area contributed by atoms with E-state index in [-0.39, 0.29) is 11.4 Å². The van der Waals surface area contributed by atoms with E-state index in [4.69, 9.17) is 0 Å². The molecule has 0 saturated carbocycles. The maximum atomic E-state index is 12.2. The van der Waals surface area contributed by atoms with E-state index in [1.807, 2.05) is 30.3 Å². The van der Waals surface area contributed by atoms with E-state index in [9.17, 15) is 4.79 Å². The van der Waals surface area contributed by atoms with Gasteiger partial charge in [-0.25, -0.2) is 10.2 Å².